The van der Waals surface area contributed by atoms with Gasteiger partial charge in [-0.3, -0.25) is 28.8 Å². The van der Waals surface area contributed by atoms with Crippen LogP contribution >= 0.6 is 12.4 Å². The predicted molar refractivity (Wildman–Crippen MR) is 221 cm³/mol. The van der Waals surface area contributed by atoms with Crippen LogP contribution in [0.4, 0.5) is 0 Å². The van der Waals surface area contributed by atoms with Crippen molar-refractivity contribution in [3.8, 4) is 0 Å². The largest absolute Gasteiger partial charge is 1.00 e. The van der Waals surface area contributed by atoms with Crippen molar-refractivity contribution in [3.63, 3.8) is 0 Å². The molecule has 2 aliphatic rings. The van der Waals surface area contributed by atoms with Gasteiger partial charge in [-0.05, 0) is 53.7 Å². The minimum Gasteiger partial charge on any atom is -0.870 e. The van der Waals surface area contributed by atoms with Crippen LogP contribution in [0.5, 0.6) is 0 Å². The summed E-state index contributed by atoms with van der Waals surface area (Å²) in [6, 6.07) is -3.35. The monoisotopic (exact) mass is 935 g/mol. The molecule has 9 atom stereocenters. The number of hydrogen-bond acceptors (Lipinski definition) is 19. The second kappa shape index (κ2) is 39.9. The number of methoxy groups -OCH3 is 2. The Morgan fingerprint density at radius 1 is 0.734 bits per heavy atom. The van der Waals surface area contributed by atoms with Gasteiger partial charge in [0, 0.05) is 0 Å². The summed E-state index contributed by atoms with van der Waals surface area (Å²) in [5.41, 5.74) is 5.07. The molecule has 4 amide bonds. The van der Waals surface area contributed by atoms with E-state index in [-0.39, 0.29) is 60.3 Å². The fraction of sp³-hybridized carbons (Fsp3) is 0.459. The van der Waals surface area contributed by atoms with Gasteiger partial charge in [-0.15, -0.1) is 12.4 Å². The van der Waals surface area contributed by atoms with Gasteiger partial charge in [0.15, 0.2) is 30.2 Å². The summed E-state index contributed by atoms with van der Waals surface area (Å²) < 4.78 is 18.0. The van der Waals surface area contributed by atoms with Crippen molar-refractivity contribution in [2.24, 2.45) is 5.73 Å². The molecular formula is C37H59ClLiN5O20. The molecule has 0 saturated carbocycles. The number of carbonyl (C=O) groups excluding carboxylic acids is 8. The number of hydrogen-bond donors (Lipinski definition) is 10. The molecule has 2 fully saturated rings. The summed E-state index contributed by atoms with van der Waals surface area (Å²) >= 11 is 0. The van der Waals surface area contributed by atoms with Crippen molar-refractivity contribution in [1.29, 1.82) is 0 Å². The number of amides is 4. The smallest absolute Gasteiger partial charge is 0.870 e. The quantitative estimate of drug-likeness (QED) is 0.0286. The van der Waals surface area contributed by atoms with Gasteiger partial charge in [0.05, 0.1) is 14.2 Å². The van der Waals surface area contributed by atoms with Crippen LogP contribution in [0.15, 0.2) is 62.5 Å². The Kier molecular flexibility index (Phi) is 45.2. The Morgan fingerprint density at radius 2 is 1.14 bits per heavy atom. The molecule has 0 aliphatic carbocycles. The van der Waals surface area contributed by atoms with E-state index in [1.165, 1.54) is 40.2 Å². The van der Waals surface area contributed by atoms with E-state index in [2.05, 4.69) is 61.8 Å². The first kappa shape index (κ1) is 72.5. The number of rotatable bonds is 12. The van der Waals surface area contributed by atoms with E-state index >= 15 is 0 Å². The molecule has 0 aromatic heterocycles. The summed E-state index contributed by atoms with van der Waals surface area (Å²) in [7, 11) is 2.53. The number of esters is 4. The summed E-state index contributed by atoms with van der Waals surface area (Å²) in [6.45, 7) is 21.9. The molecule has 2 aliphatic heterocycles. The number of nitrogens with one attached hydrogen (secondary N) is 4. The van der Waals surface area contributed by atoms with Crippen LogP contribution in [0, 0.1) is 0 Å². The Labute approximate surface area is 387 Å². The van der Waals surface area contributed by atoms with Crippen molar-refractivity contribution in [2.45, 2.75) is 96.2 Å². The molecule has 64 heavy (non-hydrogen) atoms. The van der Waals surface area contributed by atoms with Crippen LogP contribution < -0.4 is 45.9 Å². The maximum absolute atomic E-state index is 11.0. The fourth-order valence-corrected chi connectivity index (χ4v) is 2.95. The zero-order chi connectivity index (χ0) is 48.7. The number of nitrogens with two attached hydrogens (primary N) is 1. The van der Waals surface area contributed by atoms with E-state index in [0.717, 1.165) is 18.2 Å². The Hall–Kier alpha value is -5.91. The third kappa shape index (κ3) is 32.8. The number of allylic oxidation sites excluding steroid dienone is 1. The van der Waals surface area contributed by atoms with Gasteiger partial charge in [-0.1, -0.05) is 44.5 Å². The maximum Gasteiger partial charge on any atom is 1.00 e. The van der Waals surface area contributed by atoms with Gasteiger partial charge in [-0.25, -0.2) is 19.2 Å². The van der Waals surface area contributed by atoms with Crippen molar-refractivity contribution < 1.29 is 117 Å². The second-order valence-corrected chi connectivity index (χ2v) is 11.6. The minimum atomic E-state index is -1.42. The van der Waals surface area contributed by atoms with E-state index in [1.807, 2.05) is 0 Å². The number of aliphatic hydroxyl groups is 3. The first-order valence-electron chi connectivity index (χ1n) is 17.4. The second-order valence-electron chi connectivity index (χ2n) is 11.6. The van der Waals surface area contributed by atoms with Crippen molar-refractivity contribution in [3.05, 3.63) is 62.5 Å². The third-order valence-electron chi connectivity index (χ3n) is 6.50. The molecular weight excluding hydrogens is 877 g/mol. The van der Waals surface area contributed by atoms with Gasteiger partial charge in [0.25, 0.3) is 23.6 Å². The van der Waals surface area contributed by atoms with Crippen molar-refractivity contribution in [1.82, 2.24) is 21.3 Å². The molecule has 27 heteroatoms. The standard InChI is InChI=1S/C8H13NO4.C7H11NO4.2C7H9NO3.C4H9NO2.C4H6O3.ClH.Li.H2O/c1-4-6(10)7(11)9-5(2)8(12)13-3;1-3-5(9)6(10)8-4(2)7(11)12;2*1-3-5-6(9)8-4(2)7(10)11-5;1-3(5)4(6)7-2;1-2-3(5)4(6)7;;;/h4-6,10H,1H2,2-3H3,(H,9,11);3-5,9H,1H2,2H3,(H,8,10)(H,11,12);3-4H,1-2H3,(H,8,9);3-5H,1H2,2H3,(H,8,9);3H,5H2,1-2H3;2-3,5H,1H2,(H,6,7);1H;;1H2/q;;;;;;;+1;/p-1/b;;5-3-;;;;;;/t5-,6?;4-,5?;4-;4-,5?;3-;;;;/m00000..../s1. The molecule has 2 rings (SSSR count). The number of carbonyl (C=O) groups is 10. The normalized spacial score (nSPS) is 18.5. The molecule has 12 N–H and O–H groups in total. The van der Waals surface area contributed by atoms with Crippen LogP contribution in [0.1, 0.15) is 41.5 Å². The number of cyclic esters (lactones) is 2. The Balaban J connectivity index is -0.000000122. The molecule has 4 unspecified atom stereocenters. The summed E-state index contributed by atoms with van der Waals surface area (Å²) in [5, 5.41) is 51.4. The van der Waals surface area contributed by atoms with Gasteiger partial charge >= 0.3 is 54.7 Å². The molecule has 25 nitrogen and oxygen atoms in total. The summed E-state index contributed by atoms with van der Waals surface area (Å²) in [5.74, 6) is -6.21. The summed E-state index contributed by atoms with van der Waals surface area (Å²) in [6.07, 6.45) is 0.890. The number of aliphatic hydroxyl groups excluding tert-OH is 3. The predicted octanol–water partition coefficient (Wildman–Crippen LogP) is -5.74. The number of carboxylic acid groups (broad SMARTS) is 2. The average molecular weight is 936 g/mol. The first-order chi connectivity index (χ1) is 28.2. The molecule has 0 bridgehead atoms. The topological polar surface area (TPSA) is 413 Å². The van der Waals surface area contributed by atoms with Gasteiger partial charge in [0.2, 0.25) is 0 Å². The number of halogens is 1. The Bertz CT molecular complexity index is 1610. The van der Waals surface area contributed by atoms with Crippen LogP contribution in [-0.2, 0) is 66.9 Å². The van der Waals surface area contributed by atoms with E-state index < -0.39 is 96.3 Å². The molecule has 0 aromatic carbocycles. The van der Waals surface area contributed by atoms with E-state index in [9.17, 15) is 47.9 Å². The van der Waals surface area contributed by atoms with E-state index in [1.54, 1.807) is 27.7 Å². The first-order valence-corrected chi connectivity index (χ1v) is 17.4. The molecule has 0 radical (unpaired) electrons. The SMILES string of the molecule is C/C=C1\OC(=O)[C@H](C)NC1=O.C=CC(O)C(=O)N[C@@H](C)C(=O)O.C=CC(O)C(=O)N[C@@H](C)C(=O)OC.C=CC(O)C(=O)O.C=CC1OC(=O)[C@H](C)NC1=O.COC(=O)[C@H](C)N.Cl.[Li+].[OH-]. The van der Waals surface area contributed by atoms with Gasteiger partial charge in [-0.2, -0.15) is 0 Å². The molecule has 360 valence electrons. The zero-order valence-electron chi connectivity index (χ0n) is 36.8. The number of ether oxygens (including phenoxy) is 4. The van der Waals surface area contributed by atoms with Crippen LogP contribution in [0.3, 0.4) is 0 Å². The number of aliphatic carboxylic acids is 2. The van der Waals surface area contributed by atoms with Crippen molar-refractivity contribution in [2.75, 3.05) is 14.2 Å². The van der Waals surface area contributed by atoms with Crippen LogP contribution in [0.2, 0.25) is 0 Å². The van der Waals surface area contributed by atoms with Crippen molar-refractivity contribution >= 4 is 71.9 Å². The molecule has 2 heterocycles. The minimum absolute atomic E-state index is 0. The summed E-state index contributed by atoms with van der Waals surface area (Å²) in [4.78, 5) is 106. The molecule has 2 saturated heterocycles. The third-order valence-corrected chi connectivity index (χ3v) is 6.50. The van der Waals surface area contributed by atoms with Gasteiger partial charge < -0.3 is 77.0 Å². The maximum atomic E-state index is 11.0. The van der Waals surface area contributed by atoms with Gasteiger partial charge in [0.1, 0.15) is 30.2 Å². The van der Waals surface area contributed by atoms with E-state index in [0.29, 0.717) is 0 Å². The molecule has 0 aromatic rings. The number of carboxylic acids is 2. The zero-order valence-corrected chi connectivity index (χ0v) is 37.6. The van der Waals surface area contributed by atoms with E-state index in [4.69, 9.17) is 36.0 Å². The van der Waals surface area contributed by atoms with Crippen LogP contribution in [0.25, 0.3) is 0 Å². The Morgan fingerprint density at radius 3 is 1.44 bits per heavy atom. The average Bonchev–Trinajstić information content (AvgIpc) is 3.22. The molecule has 0 spiro atoms. The number of morpholine rings is 2. The van der Waals surface area contributed by atoms with Crippen LogP contribution in [-0.4, -0.2) is 159 Å². The fourth-order valence-electron chi connectivity index (χ4n) is 2.95.